The molecular weight excluding hydrogens is 348 g/mol. The van der Waals surface area contributed by atoms with Gasteiger partial charge in [-0.15, -0.1) is 0 Å². The summed E-state index contributed by atoms with van der Waals surface area (Å²) < 4.78 is 2.24. The fourth-order valence-corrected chi connectivity index (χ4v) is 3.80. The van der Waals surface area contributed by atoms with Crippen LogP contribution in [0.4, 0.5) is 5.13 Å². The topological polar surface area (TPSA) is 68.1 Å². The third kappa shape index (κ3) is 2.76. The maximum Gasteiger partial charge on any atom is 0.275 e. The van der Waals surface area contributed by atoms with Crippen molar-refractivity contribution < 1.29 is 4.79 Å². The molecule has 0 radical (unpaired) electrons. The van der Waals surface area contributed by atoms with Gasteiger partial charge in [0.05, 0.1) is 21.3 Å². The van der Waals surface area contributed by atoms with E-state index in [9.17, 15) is 9.59 Å². The molecule has 0 bridgehead atoms. The fourth-order valence-electron chi connectivity index (χ4n) is 2.86. The first-order chi connectivity index (χ1) is 12.5. The van der Waals surface area contributed by atoms with Crippen molar-refractivity contribution in [3.8, 4) is 0 Å². The zero-order valence-corrected chi connectivity index (χ0v) is 15.2. The second-order valence-corrected chi connectivity index (χ2v) is 7.02. The monoisotopic (exact) mass is 364 g/mol. The highest BCUT2D eigenvalue weighted by molar-refractivity contribution is 7.22. The van der Waals surface area contributed by atoms with Crippen LogP contribution in [0.15, 0.2) is 53.3 Å². The predicted octanol–water partition coefficient (Wildman–Crippen LogP) is 2.98. The molecule has 4 rings (SSSR count). The van der Waals surface area contributed by atoms with Gasteiger partial charge in [-0.2, -0.15) is 5.10 Å². The second-order valence-electron chi connectivity index (χ2n) is 6.01. The third-order valence-corrected chi connectivity index (χ3v) is 5.39. The van der Waals surface area contributed by atoms with Gasteiger partial charge in [0.2, 0.25) is 5.91 Å². The van der Waals surface area contributed by atoms with E-state index in [-0.39, 0.29) is 18.0 Å². The molecule has 1 amide bonds. The van der Waals surface area contributed by atoms with Crippen molar-refractivity contribution in [2.24, 2.45) is 0 Å². The number of anilines is 1. The van der Waals surface area contributed by atoms with Crippen molar-refractivity contribution in [2.75, 3.05) is 11.9 Å². The number of aromatic nitrogens is 3. The Kier molecular flexibility index (Phi) is 4.00. The van der Waals surface area contributed by atoms with Crippen LogP contribution in [-0.4, -0.2) is 27.7 Å². The quantitative estimate of drug-likeness (QED) is 0.560. The smallest absolute Gasteiger partial charge is 0.275 e. The van der Waals surface area contributed by atoms with Gasteiger partial charge in [-0.1, -0.05) is 41.7 Å². The second kappa shape index (κ2) is 6.34. The summed E-state index contributed by atoms with van der Waals surface area (Å²) in [6.45, 7) is 1.71. The minimum atomic E-state index is -0.266. The van der Waals surface area contributed by atoms with Crippen LogP contribution < -0.4 is 10.5 Å². The lowest BCUT2D eigenvalue weighted by Crippen LogP contribution is -2.35. The van der Waals surface area contributed by atoms with Gasteiger partial charge in [0.1, 0.15) is 6.54 Å². The van der Waals surface area contributed by atoms with Crippen LogP contribution in [0.2, 0.25) is 0 Å². The van der Waals surface area contributed by atoms with Crippen molar-refractivity contribution in [3.63, 3.8) is 0 Å². The van der Waals surface area contributed by atoms with Crippen molar-refractivity contribution in [3.05, 3.63) is 64.6 Å². The predicted molar refractivity (Wildman–Crippen MR) is 104 cm³/mol. The number of carbonyl (C=O) groups excluding carboxylic acids is 1. The lowest BCUT2D eigenvalue weighted by Gasteiger charge is -2.15. The molecule has 0 saturated heterocycles. The fraction of sp³-hybridized carbons (Fsp3) is 0.158. The van der Waals surface area contributed by atoms with Crippen LogP contribution in [0.5, 0.6) is 0 Å². The molecule has 0 aliphatic carbocycles. The summed E-state index contributed by atoms with van der Waals surface area (Å²) in [7, 11) is 1.67. The first-order valence-corrected chi connectivity index (χ1v) is 8.95. The van der Waals surface area contributed by atoms with Crippen molar-refractivity contribution in [1.82, 2.24) is 14.8 Å². The average molecular weight is 364 g/mol. The first kappa shape index (κ1) is 16.4. The Balaban J connectivity index is 1.66. The summed E-state index contributed by atoms with van der Waals surface area (Å²) in [5.74, 6) is -0.242. The highest BCUT2D eigenvalue weighted by Gasteiger charge is 2.18. The lowest BCUT2D eigenvalue weighted by molar-refractivity contribution is -0.119. The summed E-state index contributed by atoms with van der Waals surface area (Å²) in [5.41, 5.74) is 1.30. The molecule has 0 aliphatic rings. The van der Waals surface area contributed by atoms with Crippen LogP contribution in [0, 0.1) is 6.92 Å². The van der Waals surface area contributed by atoms with Crippen LogP contribution >= 0.6 is 11.3 Å². The van der Waals surface area contributed by atoms with E-state index in [4.69, 9.17) is 0 Å². The summed E-state index contributed by atoms with van der Waals surface area (Å²) in [5, 5.41) is 6.27. The summed E-state index contributed by atoms with van der Waals surface area (Å²) in [6, 6.07) is 15.0. The molecule has 0 aliphatic heterocycles. The number of thiazole rings is 1. The minimum Gasteiger partial charge on any atom is -0.290 e. The number of aryl methyl sites for hydroxylation is 1. The van der Waals surface area contributed by atoms with Gasteiger partial charge >= 0.3 is 0 Å². The van der Waals surface area contributed by atoms with E-state index in [1.54, 1.807) is 13.1 Å². The average Bonchev–Trinajstić information content (AvgIpc) is 3.09. The molecule has 2 aromatic carbocycles. The van der Waals surface area contributed by atoms with E-state index < -0.39 is 0 Å². The summed E-state index contributed by atoms with van der Waals surface area (Å²) >= 11 is 1.44. The summed E-state index contributed by atoms with van der Waals surface area (Å²) in [4.78, 5) is 31.3. The summed E-state index contributed by atoms with van der Waals surface area (Å²) in [6.07, 6.45) is 0. The maximum atomic E-state index is 12.7. The van der Waals surface area contributed by atoms with Gasteiger partial charge in [0.15, 0.2) is 5.13 Å². The molecule has 0 atom stereocenters. The van der Waals surface area contributed by atoms with Crippen molar-refractivity contribution in [1.29, 1.82) is 0 Å². The van der Waals surface area contributed by atoms with E-state index in [2.05, 4.69) is 10.1 Å². The zero-order chi connectivity index (χ0) is 18.3. The largest absolute Gasteiger partial charge is 0.290 e. The number of fused-ring (bicyclic) bond motifs is 2. The number of amides is 1. The van der Waals surface area contributed by atoms with Gasteiger partial charge in [-0.25, -0.2) is 9.67 Å². The zero-order valence-electron chi connectivity index (χ0n) is 14.3. The van der Waals surface area contributed by atoms with E-state index in [0.717, 1.165) is 21.3 Å². The molecule has 7 heteroatoms. The van der Waals surface area contributed by atoms with Crippen LogP contribution in [0.3, 0.4) is 0 Å². The molecule has 0 N–H and O–H groups in total. The van der Waals surface area contributed by atoms with Crippen LogP contribution in [-0.2, 0) is 11.3 Å². The standard InChI is InChI=1S/C19H16N4O2S/c1-12-13-7-3-4-8-14(13)18(25)23(21-12)11-17(24)22(2)19-20-15-9-5-6-10-16(15)26-19/h3-10H,11H2,1-2H3. The van der Waals surface area contributed by atoms with E-state index in [1.807, 2.05) is 49.4 Å². The van der Waals surface area contributed by atoms with Crippen molar-refractivity contribution >= 4 is 43.4 Å². The molecule has 0 fully saturated rings. The number of rotatable bonds is 3. The number of likely N-dealkylation sites (N-methyl/N-ethyl adjacent to an activating group) is 1. The number of para-hydroxylation sites is 1. The van der Waals surface area contributed by atoms with Gasteiger partial charge < -0.3 is 0 Å². The Hall–Kier alpha value is -3.06. The molecule has 26 heavy (non-hydrogen) atoms. The number of hydrogen-bond donors (Lipinski definition) is 0. The number of hydrogen-bond acceptors (Lipinski definition) is 5. The Morgan fingerprint density at radius 2 is 1.81 bits per heavy atom. The number of carbonyl (C=O) groups is 1. The number of nitrogens with zero attached hydrogens (tertiary/aromatic N) is 4. The van der Waals surface area contributed by atoms with Crippen LogP contribution in [0.25, 0.3) is 21.0 Å². The molecule has 2 aromatic heterocycles. The first-order valence-electron chi connectivity index (χ1n) is 8.13. The number of benzene rings is 2. The van der Waals surface area contributed by atoms with Crippen LogP contribution in [0.1, 0.15) is 5.69 Å². The molecule has 130 valence electrons. The van der Waals surface area contributed by atoms with Gasteiger partial charge in [-0.05, 0) is 25.1 Å². The molecule has 4 aromatic rings. The maximum absolute atomic E-state index is 12.7. The Labute approximate surface area is 153 Å². The van der Waals surface area contributed by atoms with Gasteiger partial charge in [-0.3, -0.25) is 14.5 Å². The van der Waals surface area contributed by atoms with E-state index in [0.29, 0.717) is 10.5 Å². The van der Waals surface area contributed by atoms with E-state index >= 15 is 0 Å². The third-order valence-electron chi connectivity index (χ3n) is 4.28. The minimum absolute atomic E-state index is 0.128. The molecular formula is C19H16N4O2S. The molecule has 0 spiro atoms. The molecule has 2 heterocycles. The van der Waals surface area contributed by atoms with E-state index in [1.165, 1.54) is 20.9 Å². The van der Waals surface area contributed by atoms with Gasteiger partial charge in [0.25, 0.3) is 5.56 Å². The SMILES string of the molecule is Cc1nn(CC(=O)N(C)c2nc3ccccc3s2)c(=O)c2ccccc12. The normalized spacial score (nSPS) is 11.2. The Morgan fingerprint density at radius 1 is 1.12 bits per heavy atom. The van der Waals surface area contributed by atoms with Gasteiger partial charge in [0, 0.05) is 12.4 Å². The Bertz CT molecular complexity index is 1160. The van der Waals surface area contributed by atoms with Crippen molar-refractivity contribution in [2.45, 2.75) is 13.5 Å². The highest BCUT2D eigenvalue weighted by atomic mass is 32.1. The lowest BCUT2D eigenvalue weighted by atomic mass is 10.1. The molecule has 0 unspecified atom stereocenters. The Morgan fingerprint density at radius 3 is 2.58 bits per heavy atom. The molecule has 0 saturated carbocycles. The highest BCUT2D eigenvalue weighted by Crippen LogP contribution is 2.27. The molecule has 6 nitrogen and oxygen atoms in total.